The second-order valence-electron chi connectivity index (χ2n) is 2.64. The van der Waals surface area contributed by atoms with Gasteiger partial charge in [-0.25, -0.2) is 13.8 Å². The molecule has 0 fully saturated rings. The van der Waals surface area contributed by atoms with Gasteiger partial charge in [0.05, 0.1) is 24.8 Å². The van der Waals surface area contributed by atoms with Gasteiger partial charge < -0.3 is 9.84 Å². The lowest BCUT2D eigenvalue weighted by Crippen LogP contribution is -2.03. The number of hydrogen-bond donors (Lipinski definition) is 1. The molecule has 0 saturated carbocycles. The van der Waals surface area contributed by atoms with Gasteiger partial charge in [0.1, 0.15) is 17.5 Å². The molecule has 0 bridgehead atoms. The van der Waals surface area contributed by atoms with Gasteiger partial charge in [-0.15, -0.1) is 0 Å². The van der Waals surface area contributed by atoms with Gasteiger partial charge in [-0.05, 0) is 0 Å². The van der Waals surface area contributed by atoms with Crippen LogP contribution in [0.4, 0.5) is 8.78 Å². The first-order valence-corrected chi connectivity index (χ1v) is 4.00. The molecule has 0 atom stereocenters. The molecule has 15 heavy (non-hydrogen) atoms. The monoisotopic (exact) mass is 214 g/mol. The second kappa shape index (κ2) is 4.66. The summed E-state index contributed by atoms with van der Waals surface area (Å²) in [6, 6.07) is 1.69. The number of aliphatic hydroxyl groups excluding tert-OH is 1. The van der Waals surface area contributed by atoms with E-state index in [1.165, 1.54) is 7.11 Å². The maximum Gasteiger partial charge on any atom is 0.268 e. The minimum Gasteiger partial charge on any atom is -0.496 e. The minimum atomic E-state index is -2.76. The number of pyridine rings is 1. The lowest BCUT2D eigenvalue weighted by atomic mass is 10.1. The van der Waals surface area contributed by atoms with E-state index in [4.69, 9.17) is 15.1 Å². The Morgan fingerprint density at radius 3 is 2.73 bits per heavy atom. The average molecular weight is 214 g/mol. The smallest absolute Gasteiger partial charge is 0.268 e. The number of aromatic nitrogens is 1. The number of halogens is 2. The molecule has 0 aromatic carbocycles. The summed E-state index contributed by atoms with van der Waals surface area (Å²) >= 11 is 0. The van der Waals surface area contributed by atoms with Crippen molar-refractivity contribution in [3.8, 4) is 11.8 Å². The highest BCUT2D eigenvalue weighted by molar-refractivity contribution is 5.47. The molecular weight excluding hydrogens is 206 g/mol. The van der Waals surface area contributed by atoms with E-state index in [-0.39, 0.29) is 17.0 Å². The van der Waals surface area contributed by atoms with Crippen molar-refractivity contribution in [2.24, 2.45) is 0 Å². The largest absolute Gasteiger partial charge is 0.496 e. The Hall–Kier alpha value is -1.74. The molecule has 0 spiro atoms. The van der Waals surface area contributed by atoms with Crippen molar-refractivity contribution in [3.05, 3.63) is 23.0 Å². The lowest BCUT2D eigenvalue weighted by molar-refractivity contribution is 0.145. The van der Waals surface area contributed by atoms with Crippen LogP contribution in [0.1, 0.15) is 23.2 Å². The third-order valence-corrected chi connectivity index (χ3v) is 1.86. The molecule has 0 radical (unpaired) electrons. The molecule has 1 N–H and O–H groups in total. The van der Waals surface area contributed by atoms with Gasteiger partial charge in [0.15, 0.2) is 0 Å². The van der Waals surface area contributed by atoms with Crippen LogP contribution in [0.15, 0.2) is 6.20 Å². The maximum atomic E-state index is 12.5. The van der Waals surface area contributed by atoms with Crippen LogP contribution < -0.4 is 4.74 Å². The van der Waals surface area contributed by atoms with Gasteiger partial charge in [0.25, 0.3) is 6.43 Å². The van der Waals surface area contributed by atoms with Crippen molar-refractivity contribution in [3.63, 3.8) is 0 Å². The van der Waals surface area contributed by atoms with Crippen LogP contribution in [0.5, 0.6) is 5.75 Å². The van der Waals surface area contributed by atoms with Crippen molar-refractivity contribution >= 4 is 0 Å². The number of nitriles is 1. The molecule has 0 aliphatic carbocycles. The molecule has 1 aromatic rings. The molecule has 80 valence electrons. The zero-order valence-electron chi connectivity index (χ0n) is 7.87. The maximum absolute atomic E-state index is 12.5. The Morgan fingerprint density at radius 1 is 1.67 bits per heavy atom. The molecule has 0 aliphatic rings. The van der Waals surface area contributed by atoms with E-state index >= 15 is 0 Å². The SMILES string of the molecule is COc1c(C(F)F)cnc(C#N)c1CO. The van der Waals surface area contributed by atoms with Gasteiger partial charge in [-0.3, -0.25) is 0 Å². The summed E-state index contributed by atoms with van der Waals surface area (Å²) in [4.78, 5) is 3.52. The van der Waals surface area contributed by atoms with Crippen LogP contribution >= 0.6 is 0 Å². The van der Waals surface area contributed by atoms with E-state index < -0.39 is 18.6 Å². The van der Waals surface area contributed by atoms with E-state index in [0.717, 1.165) is 6.20 Å². The predicted molar refractivity (Wildman–Crippen MR) is 46.4 cm³/mol. The third kappa shape index (κ3) is 2.02. The molecule has 0 unspecified atom stereocenters. The summed E-state index contributed by atoms with van der Waals surface area (Å²) in [5.74, 6) is -0.181. The van der Waals surface area contributed by atoms with Crippen molar-refractivity contribution in [2.75, 3.05) is 7.11 Å². The van der Waals surface area contributed by atoms with E-state index in [9.17, 15) is 8.78 Å². The van der Waals surface area contributed by atoms with Gasteiger partial charge in [-0.2, -0.15) is 5.26 Å². The molecule has 1 heterocycles. The van der Waals surface area contributed by atoms with Crippen LogP contribution in [0.3, 0.4) is 0 Å². The summed E-state index contributed by atoms with van der Waals surface area (Å²) in [6.45, 7) is -0.570. The second-order valence-corrected chi connectivity index (χ2v) is 2.64. The Morgan fingerprint density at radius 2 is 2.33 bits per heavy atom. The fraction of sp³-hybridized carbons (Fsp3) is 0.333. The molecule has 4 nitrogen and oxygen atoms in total. The zero-order chi connectivity index (χ0) is 11.4. The number of aliphatic hydroxyl groups is 1. The van der Waals surface area contributed by atoms with Gasteiger partial charge in [-0.1, -0.05) is 0 Å². The first-order valence-electron chi connectivity index (χ1n) is 4.00. The fourth-order valence-corrected chi connectivity index (χ4v) is 1.19. The highest BCUT2D eigenvalue weighted by atomic mass is 19.3. The van der Waals surface area contributed by atoms with Crippen LogP contribution in [0.2, 0.25) is 0 Å². The molecule has 0 amide bonds. The number of ether oxygens (including phenoxy) is 1. The highest BCUT2D eigenvalue weighted by Crippen LogP contribution is 2.32. The predicted octanol–water partition coefficient (Wildman–Crippen LogP) is 1.39. The van der Waals surface area contributed by atoms with E-state index in [1.807, 2.05) is 0 Å². The summed E-state index contributed by atoms with van der Waals surface area (Å²) in [5, 5.41) is 17.6. The summed E-state index contributed by atoms with van der Waals surface area (Å²) in [6.07, 6.45) is -1.88. The molecule has 0 aliphatic heterocycles. The minimum absolute atomic E-state index is 0.0159. The third-order valence-electron chi connectivity index (χ3n) is 1.86. The zero-order valence-corrected chi connectivity index (χ0v) is 7.87. The Labute approximate surface area is 84.7 Å². The number of hydrogen-bond acceptors (Lipinski definition) is 4. The van der Waals surface area contributed by atoms with Gasteiger partial charge in [0, 0.05) is 6.20 Å². The Kier molecular flexibility index (Phi) is 3.52. The lowest BCUT2D eigenvalue weighted by Gasteiger charge is -2.11. The quantitative estimate of drug-likeness (QED) is 0.825. The fourth-order valence-electron chi connectivity index (χ4n) is 1.19. The topological polar surface area (TPSA) is 66.1 Å². The standard InChI is InChI=1S/C9H8F2N2O2/c1-15-8-5(9(10)11)3-13-7(2-12)6(8)4-14/h3,9,14H,4H2,1H3. The van der Waals surface area contributed by atoms with Gasteiger partial charge in [0.2, 0.25) is 0 Å². The van der Waals surface area contributed by atoms with Crippen molar-refractivity contribution in [1.82, 2.24) is 4.98 Å². The van der Waals surface area contributed by atoms with Crippen LogP contribution in [-0.2, 0) is 6.61 Å². The van der Waals surface area contributed by atoms with Crippen LogP contribution in [0, 0.1) is 11.3 Å². The number of rotatable bonds is 3. The Bertz CT molecular complexity index is 402. The summed E-state index contributed by atoms with van der Waals surface area (Å²) < 4.78 is 29.7. The molecular formula is C9H8F2N2O2. The van der Waals surface area contributed by atoms with Crippen LogP contribution in [0.25, 0.3) is 0 Å². The van der Waals surface area contributed by atoms with Crippen LogP contribution in [-0.4, -0.2) is 17.2 Å². The molecule has 0 saturated heterocycles. The Balaban J connectivity index is 3.42. The van der Waals surface area contributed by atoms with Gasteiger partial charge >= 0.3 is 0 Å². The molecule has 6 heteroatoms. The summed E-state index contributed by atoms with van der Waals surface area (Å²) in [7, 11) is 1.20. The normalized spacial score (nSPS) is 10.1. The first-order chi connectivity index (χ1) is 7.15. The summed E-state index contributed by atoms with van der Waals surface area (Å²) in [5.41, 5.74) is -0.558. The average Bonchev–Trinajstić information content (AvgIpc) is 2.26. The van der Waals surface area contributed by atoms with E-state index in [1.54, 1.807) is 6.07 Å². The van der Waals surface area contributed by atoms with E-state index in [2.05, 4.69) is 4.98 Å². The first kappa shape index (κ1) is 11.3. The van der Waals surface area contributed by atoms with Crippen molar-refractivity contribution < 1.29 is 18.6 Å². The van der Waals surface area contributed by atoms with Crippen molar-refractivity contribution in [2.45, 2.75) is 13.0 Å². The molecule has 1 rings (SSSR count). The number of methoxy groups -OCH3 is 1. The number of nitrogens with zero attached hydrogens (tertiary/aromatic N) is 2. The number of alkyl halides is 2. The van der Waals surface area contributed by atoms with E-state index in [0.29, 0.717) is 0 Å². The highest BCUT2D eigenvalue weighted by Gasteiger charge is 2.20. The molecule has 1 aromatic heterocycles. The van der Waals surface area contributed by atoms with Crippen molar-refractivity contribution in [1.29, 1.82) is 5.26 Å².